The van der Waals surface area contributed by atoms with E-state index in [1.54, 1.807) is 7.11 Å². The third-order valence-corrected chi connectivity index (χ3v) is 2.46. The van der Waals surface area contributed by atoms with Gasteiger partial charge in [0.25, 0.3) is 0 Å². The Morgan fingerprint density at radius 2 is 2.36 bits per heavy atom. The fraction of sp³-hybridized carbons (Fsp3) is 0.455. The lowest BCUT2D eigenvalue weighted by atomic mass is 10.1. The van der Waals surface area contributed by atoms with Crippen LogP contribution in [0, 0.1) is 0 Å². The van der Waals surface area contributed by atoms with Crippen molar-refractivity contribution in [1.82, 2.24) is 5.32 Å². The third kappa shape index (κ3) is 1.55. The molecule has 3 heteroatoms. The van der Waals surface area contributed by atoms with Crippen LogP contribution in [0.5, 0.6) is 11.5 Å². The number of methoxy groups -OCH3 is 1. The Balaban J connectivity index is 2.38. The van der Waals surface area contributed by atoms with Crippen molar-refractivity contribution in [2.75, 3.05) is 20.8 Å². The normalized spacial score (nSPS) is 13.6. The summed E-state index contributed by atoms with van der Waals surface area (Å²) in [4.78, 5) is 0. The summed E-state index contributed by atoms with van der Waals surface area (Å²) in [6.07, 6.45) is 0.992. The Kier molecular flexibility index (Phi) is 2.59. The van der Waals surface area contributed by atoms with Crippen molar-refractivity contribution in [3.05, 3.63) is 23.3 Å². The van der Waals surface area contributed by atoms with Gasteiger partial charge >= 0.3 is 0 Å². The van der Waals surface area contributed by atoms with E-state index < -0.39 is 0 Å². The van der Waals surface area contributed by atoms with E-state index in [1.807, 2.05) is 7.05 Å². The Labute approximate surface area is 84.0 Å². The topological polar surface area (TPSA) is 30.5 Å². The van der Waals surface area contributed by atoms with E-state index in [9.17, 15) is 0 Å². The molecule has 0 radical (unpaired) electrons. The Hall–Kier alpha value is -1.22. The van der Waals surface area contributed by atoms with Crippen molar-refractivity contribution in [1.29, 1.82) is 0 Å². The first kappa shape index (κ1) is 9.34. The molecule has 0 amide bonds. The van der Waals surface area contributed by atoms with Crippen molar-refractivity contribution in [3.8, 4) is 11.5 Å². The van der Waals surface area contributed by atoms with E-state index in [0.717, 1.165) is 36.6 Å². The van der Waals surface area contributed by atoms with Gasteiger partial charge in [-0.2, -0.15) is 0 Å². The molecule has 1 N–H and O–H groups in total. The van der Waals surface area contributed by atoms with Crippen LogP contribution in [-0.4, -0.2) is 20.8 Å². The minimum atomic E-state index is 0.793. The van der Waals surface area contributed by atoms with Crippen LogP contribution in [0.25, 0.3) is 0 Å². The fourth-order valence-corrected chi connectivity index (χ4v) is 1.76. The molecule has 0 fully saturated rings. The molecule has 0 spiro atoms. The first-order valence-corrected chi connectivity index (χ1v) is 4.82. The van der Waals surface area contributed by atoms with Crippen molar-refractivity contribution < 1.29 is 9.47 Å². The van der Waals surface area contributed by atoms with Crippen LogP contribution in [0.4, 0.5) is 0 Å². The summed E-state index contributed by atoms with van der Waals surface area (Å²) >= 11 is 0. The van der Waals surface area contributed by atoms with E-state index in [4.69, 9.17) is 9.47 Å². The van der Waals surface area contributed by atoms with Gasteiger partial charge in [0.2, 0.25) is 0 Å². The maximum atomic E-state index is 5.50. The molecule has 0 unspecified atom stereocenters. The van der Waals surface area contributed by atoms with Crippen LogP contribution in [0.15, 0.2) is 12.1 Å². The Morgan fingerprint density at radius 3 is 3.07 bits per heavy atom. The van der Waals surface area contributed by atoms with Crippen molar-refractivity contribution in [3.63, 3.8) is 0 Å². The minimum Gasteiger partial charge on any atom is -0.496 e. The fourth-order valence-electron chi connectivity index (χ4n) is 1.76. The number of nitrogens with one attached hydrogen (secondary N) is 1. The molecule has 1 aliphatic rings. The molecule has 0 bridgehead atoms. The first-order valence-electron chi connectivity index (χ1n) is 4.82. The summed E-state index contributed by atoms with van der Waals surface area (Å²) in [5, 5.41) is 3.11. The van der Waals surface area contributed by atoms with E-state index >= 15 is 0 Å². The van der Waals surface area contributed by atoms with Crippen LogP contribution in [0.2, 0.25) is 0 Å². The number of hydrogen-bond donors (Lipinski definition) is 1. The van der Waals surface area contributed by atoms with Gasteiger partial charge in [0.05, 0.1) is 13.7 Å². The highest BCUT2D eigenvalue weighted by molar-refractivity contribution is 5.48. The zero-order valence-electron chi connectivity index (χ0n) is 8.59. The average Bonchev–Trinajstić information content (AvgIpc) is 2.64. The van der Waals surface area contributed by atoms with E-state index in [1.165, 1.54) is 5.56 Å². The number of hydrogen-bond acceptors (Lipinski definition) is 3. The van der Waals surface area contributed by atoms with Gasteiger partial charge in [-0.15, -0.1) is 0 Å². The Morgan fingerprint density at radius 1 is 1.50 bits per heavy atom. The molecule has 1 aromatic carbocycles. The maximum Gasteiger partial charge on any atom is 0.123 e. The second-order valence-corrected chi connectivity index (χ2v) is 3.40. The van der Waals surface area contributed by atoms with Crippen LogP contribution in [0.1, 0.15) is 11.1 Å². The molecule has 3 nitrogen and oxygen atoms in total. The van der Waals surface area contributed by atoms with E-state index in [0.29, 0.717) is 0 Å². The molecule has 14 heavy (non-hydrogen) atoms. The minimum absolute atomic E-state index is 0.793. The molecular formula is C11H15NO2. The zero-order chi connectivity index (χ0) is 9.97. The molecule has 0 atom stereocenters. The summed E-state index contributed by atoms with van der Waals surface area (Å²) < 4.78 is 10.8. The summed E-state index contributed by atoms with van der Waals surface area (Å²) in [7, 11) is 3.63. The molecule has 1 aromatic rings. The third-order valence-electron chi connectivity index (χ3n) is 2.46. The molecule has 0 aromatic heterocycles. The molecule has 1 heterocycles. The van der Waals surface area contributed by atoms with Gasteiger partial charge < -0.3 is 14.8 Å². The van der Waals surface area contributed by atoms with Gasteiger partial charge in [0.15, 0.2) is 0 Å². The molecule has 76 valence electrons. The first-order chi connectivity index (χ1) is 6.85. The summed E-state index contributed by atoms with van der Waals surface area (Å²) in [6.45, 7) is 1.60. The molecule has 0 saturated heterocycles. The summed E-state index contributed by atoms with van der Waals surface area (Å²) in [5.41, 5.74) is 2.40. The van der Waals surface area contributed by atoms with E-state index in [-0.39, 0.29) is 0 Å². The Bertz CT molecular complexity index is 336. The van der Waals surface area contributed by atoms with Gasteiger partial charge in [-0.3, -0.25) is 0 Å². The number of benzene rings is 1. The molecular weight excluding hydrogens is 178 g/mol. The number of ether oxygens (including phenoxy) is 2. The van der Waals surface area contributed by atoms with E-state index in [2.05, 4.69) is 17.4 Å². The van der Waals surface area contributed by atoms with Gasteiger partial charge in [-0.05, 0) is 19.2 Å². The lowest BCUT2D eigenvalue weighted by Crippen LogP contribution is -2.06. The molecule has 0 aliphatic carbocycles. The molecule has 0 saturated carbocycles. The predicted molar refractivity (Wildman–Crippen MR) is 55.0 cm³/mol. The largest absolute Gasteiger partial charge is 0.496 e. The van der Waals surface area contributed by atoms with Gasteiger partial charge in [0.1, 0.15) is 11.5 Å². The second kappa shape index (κ2) is 3.88. The number of fused-ring (bicyclic) bond motifs is 1. The smallest absolute Gasteiger partial charge is 0.123 e. The van der Waals surface area contributed by atoms with Crippen LogP contribution in [-0.2, 0) is 13.0 Å². The lowest BCUT2D eigenvalue weighted by Gasteiger charge is -2.10. The quantitative estimate of drug-likeness (QED) is 0.786. The lowest BCUT2D eigenvalue weighted by molar-refractivity contribution is 0.355. The standard InChI is InChI=1S/C11H15NO2/c1-12-7-9-6-11-8(3-4-14-11)5-10(9)13-2/h5-6,12H,3-4,7H2,1-2H3. The van der Waals surface area contributed by atoms with Gasteiger partial charge in [-0.25, -0.2) is 0 Å². The van der Waals surface area contributed by atoms with Crippen molar-refractivity contribution in [2.45, 2.75) is 13.0 Å². The monoisotopic (exact) mass is 193 g/mol. The zero-order valence-corrected chi connectivity index (χ0v) is 8.59. The average molecular weight is 193 g/mol. The predicted octanol–water partition coefficient (Wildman–Crippen LogP) is 1.35. The summed E-state index contributed by atoms with van der Waals surface area (Å²) in [6, 6.07) is 4.15. The van der Waals surface area contributed by atoms with Crippen LogP contribution < -0.4 is 14.8 Å². The van der Waals surface area contributed by atoms with Gasteiger partial charge in [0, 0.05) is 24.1 Å². The van der Waals surface area contributed by atoms with Gasteiger partial charge in [-0.1, -0.05) is 0 Å². The maximum absolute atomic E-state index is 5.50. The molecule has 2 rings (SSSR count). The highest BCUT2D eigenvalue weighted by atomic mass is 16.5. The molecule has 1 aliphatic heterocycles. The SMILES string of the molecule is CNCc1cc2c(cc1OC)CCO2. The van der Waals surface area contributed by atoms with Crippen LogP contribution in [0.3, 0.4) is 0 Å². The highest BCUT2D eigenvalue weighted by Gasteiger charge is 2.15. The van der Waals surface area contributed by atoms with Crippen molar-refractivity contribution >= 4 is 0 Å². The second-order valence-electron chi connectivity index (χ2n) is 3.40. The number of rotatable bonds is 3. The highest BCUT2D eigenvalue weighted by Crippen LogP contribution is 2.32. The van der Waals surface area contributed by atoms with Crippen LogP contribution >= 0.6 is 0 Å². The summed E-state index contributed by atoms with van der Waals surface area (Å²) in [5.74, 6) is 1.96. The van der Waals surface area contributed by atoms with Crippen molar-refractivity contribution in [2.24, 2.45) is 0 Å².